The smallest absolute Gasteiger partial charge is 0.0809 e. The van der Waals surface area contributed by atoms with Gasteiger partial charge in [-0.15, -0.1) is 64.2 Å². The molecule has 0 aliphatic heterocycles. The molecular weight excluding hydrogens is 563 g/mol. The minimum atomic E-state index is -0.826. The van der Waals surface area contributed by atoms with Crippen molar-refractivity contribution in [2.45, 2.75) is 46.2 Å². The van der Waals surface area contributed by atoms with Gasteiger partial charge < -0.3 is 0 Å². The topological polar surface area (TPSA) is 0 Å². The fourth-order valence-electron chi connectivity index (χ4n) is 3.96. The first-order valence-corrected chi connectivity index (χ1v) is 20.4. The Labute approximate surface area is 232 Å². The molecule has 0 aromatic heterocycles. The number of rotatable bonds is 4. The molecule has 4 heteroatoms. The Morgan fingerprint density at radius 2 is 1.49 bits per heavy atom. The third-order valence-corrected chi connectivity index (χ3v) is 5.57. The standard InChI is InChI=1S/C20H21.C9H7.C2H6Si.2ClH.Zr/c1-3-6-16-9-11-17(12-10-16)19-8-5-7-18-13-15(4-2)14-20(18)19;1-2-5-9-7-3-6-8(9)4-1;1-3-2;;;/h5,7-14H,3-4,6H2,1-2H3;1-7H;1-2H3;2*1H;/q2*-1;;;;+4/p-2. The Bertz CT molecular complexity index is 1210. The molecule has 0 aliphatic carbocycles. The maximum Gasteiger partial charge on any atom is -0.0809 e. The molecule has 0 atom stereocenters. The summed E-state index contributed by atoms with van der Waals surface area (Å²) in [7, 11) is 11.0. The molecule has 0 saturated heterocycles. The SMILES string of the molecule is CCCc1ccc(-c2cccc3[cH-]c(CC)cc23)cc1.C[Si]C.[Cl][Zr+2][Cl].c1ccc2[cH-]ccc2c1. The predicted molar refractivity (Wildman–Crippen MR) is 157 cm³/mol. The van der Waals surface area contributed by atoms with Crippen molar-refractivity contribution in [3.05, 3.63) is 108 Å². The van der Waals surface area contributed by atoms with Crippen LogP contribution in [0.1, 0.15) is 31.4 Å². The first-order chi connectivity index (χ1) is 17.1. The number of hydrogen-bond acceptors (Lipinski definition) is 0. The molecule has 5 aromatic rings. The second-order valence-corrected chi connectivity index (χ2v) is 12.9. The normalized spacial score (nSPS) is 9.77. The molecular formula is C31H34Cl2SiZr. The van der Waals surface area contributed by atoms with Crippen LogP contribution in [0.2, 0.25) is 13.1 Å². The second kappa shape index (κ2) is 17.1. The van der Waals surface area contributed by atoms with E-state index in [2.05, 4.69) is 124 Å². The molecule has 0 unspecified atom stereocenters. The monoisotopic (exact) mass is 594 g/mol. The van der Waals surface area contributed by atoms with Gasteiger partial charge in [0.2, 0.25) is 0 Å². The summed E-state index contributed by atoms with van der Waals surface area (Å²) >= 11 is -0.826. The summed E-state index contributed by atoms with van der Waals surface area (Å²) in [6, 6.07) is 35.0. The minimum Gasteiger partial charge on any atom is -0.168 e. The molecule has 0 bridgehead atoms. The van der Waals surface area contributed by atoms with Crippen molar-refractivity contribution in [1.82, 2.24) is 0 Å². The summed E-state index contributed by atoms with van der Waals surface area (Å²) in [6.45, 7) is 8.75. The fraction of sp³-hybridized carbons (Fsp3) is 0.226. The first kappa shape index (κ1) is 29.8. The third kappa shape index (κ3) is 9.51. The summed E-state index contributed by atoms with van der Waals surface area (Å²) in [5, 5.41) is 5.40. The quantitative estimate of drug-likeness (QED) is 0.143. The molecule has 2 radical (unpaired) electrons. The van der Waals surface area contributed by atoms with Crippen LogP contribution >= 0.6 is 17.0 Å². The average molecular weight is 597 g/mol. The van der Waals surface area contributed by atoms with Crippen molar-refractivity contribution < 1.29 is 20.8 Å². The van der Waals surface area contributed by atoms with E-state index in [1.54, 1.807) is 0 Å². The van der Waals surface area contributed by atoms with Crippen molar-refractivity contribution in [2.24, 2.45) is 0 Å². The van der Waals surface area contributed by atoms with E-state index >= 15 is 0 Å². The van der Waals surface area contributed by atoms with E-state index in [-0.39, 0.29) is 0 Å². The van der Waals surface area contributed by atoms with Gasteiger partial charge in [-0.25, -0.2) is 0 Å². The first-order valence-electron chi connectivity index (χ1n) is 12.0. The number of benzene rings is 3. The van der Waals surface area contributed by atoms with Crippen molar-refractivity contribution >= 4 is 48.1 Å². The van der Waals surface area contributed by atoms with Gasteiger partial charge in [-0.3, -0.25) is 0 Å². The van der Waals surface area contributed by atoms with E-state index in [0.717, 1.165) is 15.9 Å². The van der Waals surface area contributed by atoms with Gasteiger partial charge in [0, 0.05) is 9.52 Å². The predicted octanol–water partition coefficient (Wildman–Crippen LogP) is 10.5. The summed E-state index contributed by atoms with van der Waals surface area (Å²) in [5.74, 6) is 0. The van der Waals surface area contributed by atoms with Crippen LogP contribution in [0.5, 0.6) is 0 Å². The van der Waals surface area contributed by atoms with Gasteiger partial charge >= 0.3 is 37.9 Å². The van der Waals surface area contributed by atoms with Gasteiger partial charge in [-0.2, -0.15) is 23.6 Å². The van der Waals surface area contributed by atoms with E-state index < -0.39 is 20.8 Å². The zero-order chi connectivity index (χ0) is 25.5. The van der Waals surface area contributed by atoms with E-state index in [0.29, 0.717) is 0 Å². The largest absolute Gasteiger partial charge is 0.168 e. The molecule has 0 spiro atoms. The van der Waals surface area contributed by atoms with Crippen LogP contribution in [0.4, 0.5) is 0 Å². The number of halogens is 2. The van der Waals surface area contributed by atoms with E-state index in [1.165, 1.54) is 56.6 Å². The van der Waals surface area contributed by atoms with Crippen molar-refractivity contribution in [2.75, 3.05) is 0 Å². The van der Waals surface area contributed by atoms with E-state index in [9.17, 15) is 0 Å². The van der Waals surface area contributed by atoms with Crippen LogP contribution in [-0.2, 0) is 33.7 Å². The Morgan fingerprint density at radius 3 is 2.11 bits per heavy atom. The van der Waals surface area contributed by atoms with Crippen LogP contribution in [-0.4, -0.2) is 9.52 Å². The Morgan fingerprint density at radius 1 is 0.829 bits per heavy atom. The molecule has 5 rings (SSSR count). The molecule has 0 heterocycles. The summed E-state index contributed by atoms with van der Waals surface area (Å²) in [6.07, 6.45) is 3.47. The van der Waals surface area contributed by atoms with Gasteiger partial charge in [-0.1, -0.05) is 75.3 Å². The van der Waals surface area contributed by atoms with Gasteiger partial charge in [0.25, 0.3) is 0 Å². The van der Waals surface area contributed by atoms with Crippen LogP contribution < -0.4 is 0 Å². The van der Waals surface area contributed by atoms with Crippen LogP contribution in [0.3, 0.4) is 0 Å². The molecule has 0 N–H and O–H groups in total. The minimum absolute atomic E-state index is 0.826. The molecule has 5 aromatic carbocycles. The summed E-state index contributed by atoms with van der Waals surface area (Å²) in [4.78, 5) is 0. The molecule has 180 valence electrons. The maximum atomic E-state index is 4.93. The Balaban J connectivity index is 0.000000237. The second-order valence-electron chi connectivity index (χ2n) is 8.20. The summed E-state index contributed by atoms with van der Waals surface area (Å²) < 4.78 is 0. The van der Waals surface area contributed by atoms with Gasteiger partial charge in [0.15, 0.2) is 0 Å². The number of aryl methyl sites for hydroxylation is 2. The summed E-state index contributed by atoms with van der Waals surface area (Å²) in [5.41, 5.74) is 5.53. The van der Waals surface area contributed by atoms with Gasteiger partial charge in [0.05, 0.1) is 0 Å². The van der Waals surface area contributed by atoms with Gasteiger partial charge in [0.1, 0.15) is 0 Å². The van der Waals surface area contributed by atoms with E-state index in [1.807, 2.05) is 0 Å². The fourth-order valence-corrected chi connectivity index (χ4v) is 3.96. The molecule has 0 nitrogen and oxygen atoms in total. The Hall–Kier alpha value is -1.44. The van der Waals surface area contributed by atoms with Crippen LogP contribution in [0.25, 0.3) is 32.7 Å². The van der Waals surface area contributed by atoms with Crippen LogP contribution in [0.15, 0.2) is 97.1 Å². The zero-order valence-corrected chi connectivity index (χ0v) is 26.1. The number of fused-ring (bicyclic) bond motifs is 2. The number of hydrogen-bond donors (Lipinski definition) is 0. The van der Waals surface area contributed by atoms with Crippen molar-refractivity contribution in [3.8, 4) is 11.1 Å². The molecule has 0 aliphatic rings. The van der Waals surface area contributed by atoms with Gasteiger partial charge in [-0.05, 0) is 24.0 Å². The molecule has 0 amide bonds. The van der Waals surface area contributed by atoms with Crippen molar-refractivity contribution in [3.63, 3.8) is 0 Å². The third-order valence-electron chi connectivity index (χ3n) is 5.57. The molecule has 0 saturated carbocycles. The van der Waals surface area contributed by atoms with Crippen molar-refractivity contribution in [1.29, 1.82) is 0 Å². The molecule has 35 heavy (non-hydrogen) atoms. The molecule has 0 fully saturated rings. The Kier molecular flexibility index (Phi) is 14.5. The van der Waals surface area contributed by atoms with Crippen LogP contribution in [0, 0.1) is 0 Å². The maximum absolute atomic E-state index is 4.93. The average Bonchev–Trinajstić information content (AvgIpc) is 3.53. The zero-order valence-electron chi connectivity index (χ0n) is 21.1. The van der Waals surface area contributed by atoms with E-state index in [4.69, 9.17) is 17.0 Å².